The van der Waals surface area contributed by atoms with E-state index in [-0.39, 0.29) is 17.6 Å². The lowest BCUT2D eigenvalue weighted by molar-refractivity contribution is 0.624. The molecular weight excluding hydrogens is 225 g/mol. The molecular formula is C12H18FNOS. The van der Waals surface area contributed by atoms with Gasteiger partial charge in [0.25, 0.3) is 0 Å². The van der Waals surface area contributed by atoms with E-state index in [0.29, 0.717) is 5.75 Å². The summed E-state index contributed by atoms with van der Waals surface area (Å²) in [6.07, 6.45) is 0.881. The van der Waals surface area contributed by atoms with Gasteiger partial charge < -0.3 is 5.73 Å². The largest absolute Gasteiger partial charge is 0.326 e. The highest BCUT2D eigenvalue weighted by molar-refractivity contribution is 7.84. The number of benzene rings is 1. The number of nitrogens with two attached hydrogens (primary N) is 1. The summed E-state index contributed by atoms with van der Waals surface area (Å²) < 4.78 is 24.8. The minimum Gasteiger partial charge on any atom is -0.326 e. The molecule has 1 aromatic rings. The maximum absolute atomic E-state index is 13.0. The molecule has 4 heteroatoms. The molecule has 1 rings (SSSR count). The first-order valence-corrected chi connectivity index (χ1v) is 6.81. The fourth-order valence-corrected chi connectivity index (χ4v) is 2.65. The first-order chi connectivity index (χ1) is 7.58. The maximum Gasteiger partial charge on any atom is 0.123 e. The van der Waals surface area contributed by atoms with E-state index in [0.717, 1.165) is 17.5 Å². The lowest BCUT2D eigenvalue weighted by atomic mass is 10.1. The van der Waals surface area contributed by atoms with Crippen LogP contribution >= 0.6 is 0 Å². The van der Waals surface area contributed by atoms with Crippen molar-refractivity contribution in [3.8, 4) is 0 Å². The molecule has 0 aromatic heterocycles. The molecule has 2 unspecified atom stereocenters. The van der Waals surface area contributed by atoms with Crippen LogP contribution in [0.5, 0.6) is 0 Å². The van der Waals surface area contributed by atoms with Crippen LogP contribution in [0.2, 0.25) is 0 Å². The Kier molecular flexibility index (Phi) is 5.09. The molecule has 0 aliphatic rings. The fourth-order valence-electron chi connectivity index (χ4n) is 1.41. The number of halogens is 1. The lowest BCUT2D eigenvalue weighted by Crippen LogP contribution is -2.13. The molecule has 0 spiro atoms. The summed E-state index contributed by atoms with van der Waals surface area (Å²) in [5.41, 5.74) is 7.18. The summed E-state index contributed by atoms with van der Waals surface area (Å²) in [6.45, 7) is 4.25. The quantitative estimate of drug-likeness (QED) is 0.862. The fraction of sp³-hybridized carbons (Fsp3) is 0.500. The van der Waals surface area contributed by atoms with Crippen molar-refractivity contribution in [3.63, 3.8) is 0 Å². The van der Waals surface area contributed by atoms with Crippen LogP contribution < -0.4 is 5.73 Å². The van der Waals surface area contributed by atoms with E-state index in [1.165, 1.54) is 12.1 Å². The van der Waals surface area contributed by atoms with Crippen molar-refractivity contribution in [2.75, 3.05) is 0 Å². The molecule has 0 aliphatic carbocycles. The smallest absolute Gasteiger partial charge is 0.123 e. The van der Waals surface area contributed by atoms with Crippen LogP contribution in [0.15, 0.2) is 18.2 Å². The molecule has 0 radical (unpaired) electrons. The van der Waals surface area contributed by atoms with Gasteiger partial charge in [-0.2, -0.15) is 0 Å². The van der Waals surface area contributed by atoms with E-state index in [9.17, 15) is 8.60 Å². The third kappa shape index (κ3) is 3.39. The Morgan fingerprint density at radius 1 is 1.44 bits per heavy atom. The lowest BCUT2D eigenvalue weighted by Gasteiger charge is -2.11. The molecule has 0 saturated carbocycles. The Labute approximate surface area is 98.5 Å². The molecule has 0 fully saturated rings. The van der Waals surface area contributed by atoms with Gasteiger partial charge in [-0.05, 0) is 29.7 Å². The van der Waals surface area contributed by atoms with Crippen LogP contribution in [0, 0.1) is 5.82 Å². The zero-order valence-electron chi connectivity index (χ0n) is 9.70. The number of hydrogen-bond donors (Lipinski definition) is 1. The summed E-state index contributed by atoms with van der Waals surface area (Å²) in [5, 5.41) is 0.163. The third-order valence-corrected chi connectivity index (χ3v) is 4.54. The highest BCUT2D eigenvalue weighted by Crippen LogP contribution is 2.15. The topological polar surface area (TPSA) is 43.1 Å². The van der Waals surface area contributed by atoms with Gasteiger partial charge >= 0.3 is 0 Å². The van der Waals surface area contributed by atoms with E-state index in [4.69, 9.17) is 5.73 Å². The zero-order chi connectivity index (χ0) is 12.1. The van der Waals surface area contributed by atoms with E-state index >= 15 is 0 Å². The summed E-state index contributed by atoms with van der Waals surface area (Å²) in [5.74, 6) is 0.167. The van der Waals surface area contributed by atoms with Gasteiger partial charge in [0, 0.05) is 28.3 Å². The van der Waals surface area contributed by atoms with Crippen molar-refractivity contribution in [2.24, 2.45) is 5.73 Å². The summed E-state index contributed by atoms with van der Waals surface area (Å²) in [6, 6.07) is 4.49. The Hall–Kier alpha value is -0.740. The first-order valence-electron chi connectivity index (χ1n) is 5.43. The average Bonchev–Trinajstić information content (AvgIpc) is 2.30. The molecule has 0 amide bonds. The van der Waals surface area contributed by atoms with Crippen molar-refractivity contribution in [1.82, 2.24) is 0 Å². The Morgan fingerprint density at radius 3 is 2.69 bits per heavy atom. The van der Waals surface area contributed by atoms with Crippen molar-refractivity contribution in [2.45, 2.75) is 37.8 Å². The minimum absolute atomic E-state index is 0.163. The van der Waals surface area contributed by atoms with Crippen molar-refractivity contribution in [3.05, 3.63) is 35.1 Å². The van der Waals surface area contributed by atoms with Gasteiger partial charge in [0.05, 0.1) is 0 Å². The molecule has 0 saturated heterocycles. The van der Waals surface area contributed by atoms with Crippen molar-refractivity contribution in [1.29, 1.82) is 0 Å². The standard InChI is InChI=1S/C12H18FNOS/c1-3-9(2)16(15)8-10-4-5-12(13)6-11(10)7-14/h4-6,9H,3,7-8,14H2,1-2H3. The van der Waals surface area contributed by atoms with Crippen LogP contribution in [0.4, 0.5) is 4.39 Å². The van der Waals surface area contributed by atoms with Gasteiger partial charge in [-0.3, -0.25) is 4.21 Å². The van der Waals surface area contributed by atoms with E-state index in [1.807, 2.05) is 13.8 Å². The van der Waals surface area contributed by atoms with Gasteiger partial charge in [-0.15, -0.1) is 0 Å². The number of hydrogen-bond acceptors (Lipinski definition) is 2. The van der Waals surface area contributed by atoms with Crippen LogP contribution in [-0.2, 0) is 23.1 Å². The predicted octanol–water partition coefficient (Wildman–Crippen LogP) is 2.33. The Morgan fingerprint density at radius 2 is 2.12 bits per heavy atom. The molecule has 1 aromatic carbocycles. The van der Waals surface area contributed by atoms with Crippen LogP contribution in [0.1, 0.15) is 31.4 Å². The van der Waals surface area contributed by atoms with Gasteiger partial charge in [-0.25, -0.2) is 4.39 Å². The molecule has 0 aliphatic heterocycles. The molecule has 0 bridgehead atoms. The Bertz CT molecular complexity index is 381. The second-order valence-electron chi connectivity index (χ2n) is 3.86. The highest BCUT2D eigenvalue weighted by Gasteiger charge is 2.12. The second kappa shape index (κ2) is 6.11. The minimum atomic E-state index is -0.912. The normalized spacial score (nSPS) is 14.8. The van der Waals surface area contributed by atoms with Gasteiger partial charge in [-0.1, -0.05) is 19.9 Å². The predicted molar refractivity (Wildman–Crippen MR) is 65.9 cm³/mol. The van der Waals surface area contributed by atoms with E-state index in [2.05, 4.69) is 0 Å². The molecule has 2 nitrogen and oxygen atoms in total. The summed E-state index contributed by atoms with van der Waals surface area (Å²) in [4.78, 5) is 0. The maximum atomic E-state index is 13.0. The monoisotopic (exact) mass is 243 g/mol. The third-order valence-electron chi connectivity index (χ3n) is 2.71. The molecule has 90 valence electrons. The van der Waals surface area contributed by atoms with Crippen molar-refractivity contribution >= 4 is 10.8 Å². The van der Waals surface area contributed by atoms with Gasteiger partial charge in [0.1, 0.15) is 5.82 Å². The Balaban J connectivity index is 2.84. The van der Waals surface area contributed by atoms with Gasteiger partial charge in [0.2, 0.25) is 0 Å². The SMILES string of the molecule is CCC(C)S(=O)Cc1ccc(F)cc1CN. The second-order valence-corrected chi connectivity index (χ2v) is 5.72. The zero-order valence-corrected chi connectivity index (χ0v) is 10.5. The highest BCUT2D eigenvalue weighted by atomic mass is 32.2. The van der Waals surface area contributed by atoms with Gasteiger partial charge in [0.15, 0.2) is 0 Å². The first kappa shape index (κ1) is 13.3. The van der Waals surface area contributed by atoms with Crippen LogP contribution in [0.3, 0.4) is 0 Å². The van der Waals surface area contributed by atoms with Crippen molar-refractivity contribution < 1.29 is 8.60 Å². The molecule has 2 N–H and O–H groups in total. The molecule has 0 heterocycles. The van der Waals surface area contributed by atoms with E-state index in [1.54, 1.807) is 6.07 Å². The van der Waals surface area contributed by atoms with Crippen LogP contribution in [0.25, 0.3) is 0 Å². The average molecular weight is 243 g/mol. The summed E-state index contributed by atoms with van der Waals surface area (Å²) in [7, 11) is -0.912. The molecule has 16 heavy (non-hydrogen) atoms. The number of rotatable bonds is 5. The van der Waals surface area contributed by atoms with Crippen LogP contribution in [-0.4, -0.2) is 9.46 Å². The van der Waals surface area contributed by atoms with E-state index < -0.39 is 10.8 Å². The summed E-state index contributed by atoms with van der Waals surface area (Å²) >= 11 is 0. The molecule has 2 atom stereocenters.